The lowest BCUT2D eigenvalue weighted by Crippen LogP contribution is -2.42. The van der Waals surface area contributed by atoms with Crippen molar-refractivity contribution < 1.29 is 14.4 Å². The van der Waals surface area contributed by atoms with Crippen molar-refractivity contribution in [1.29, 1.82) is 0 Å². The molecule has 1 saturated heterocycles. The van der Waals surface area contributed by atoms with Gasteiger partial charge in [0, 0.05) is 10.3 Å². The van der Waals surface area contributed by atoms with Gasteiger partial charge in [0.1, 0.15) is 0 Å². The Morgan fingerprint density at radius 2 is 2.00 bits per heavy atom. The first-order chi connectivity index (χ1) is 6.41. The van der Waals surface area contributed by atoms with Crippen LogP contribution in [0.3, 0.4) is 0 Å². The highest BCUT2D eigenvalue weighted by molar-refractivity contribution is 4.72. The molecule has 1 fully saturated rings. The molecule has 1 heterocycles. The SMILES string of the molecule is C[C@@H](C[N+](=O)[O-])C1OCC(C)(C)CO1. The molecule has 0 unspecified atom stereocenters. The van der Waals surface area contributed by atoms with Crippen molar-refractivity contribution in [1.82, 2.24) is 0 Å². The third-order valence-corrected chi connectivity index (χ3v) is 2.18. The molecule has 0 N–H and O–H groups in total. The van der Waals surface area contributed by atoms with Crippen LogP contribution in [0.2, 0.25) is 0 Å². The lowest BCUT2D eigenvalue weighted by molar-refractivity contribution is -0.494. The Balaban J connectivity index is 2.37. The van der Waals surface area contributed by atoms with Crippen molar-refractivity contribution in [2.24, 2.45) is 11.3 Å². The second kappa shape index (κ2) is 4.23. The number of nitro groups is 1. The summed E-state index contributed by atoms with van der Waals surface area (Å²) in [5, 5.41) is 10.3. The maximum Gasteiger partial charge on any atom is 0.211 e. The first-order valence-electron chi connectivity index (χ1n) is 4.76. The Kier molecular flexibility index (Phi) is 3.44. The van der Waals surface area contributed by atoms with Gasteiger partial charge in [0.25, 0.3) is 0 Å². The summed E-state index contributed by atoms with van der Waals surface area (Å²) >= 11 is 0. The molecule has 0 aliphatic carbocycles. The monoisotopic (exact) mass is 203 g/mol. The molecule has 1 rings (SSSR count). The van der Waals surface area contributed by atoms with Gasteiger partial charge < -0.3 is 9.47 Å². The second-order valence-corrected chi connectivity index (χ2v) is 4.65. The lowest BCUT2D eigenvalue weighted by atomic mass is 9.95. The standard InChI is InChI=1S/C9H17NO4/c1-7(4-10(11)12)8-13-5-9(2,3)6-14-8/h7-8H,4-6H2,1-3H3/t7-/m0/s1. The van der Waals surface area contributed by atoms with Crippen LogP contribution in [-0.2, 0) is 9.47 Å². The average Bonchev–Trinajstić information content (AvgIpc) is 2.02. The van der Waals surface area contributed by atoms with Crippen molar-refractivity contribution in [3.63, 3.8) is 0 Å². The minimum absolute atomic E-state index is 0.0187. The summed E-state index contributed by atoms with van der Waals surface area (Å²) in [6, 6.07) is 0. The van der Waals surface area contributed by atoms with Crippen molar-refractivity contribution >= 4 is 0 Å². The summed E-state index contributed by atoms with van der Waals surface area (Å²) < 4.78 is 10.9. The van der Waals surface area contributed by atoms with Crippen molar-refractivity contribution in [3.05, 3.63) is 10.1 Å². The molecule has 0 aromatic rings. The molecular weight excluding hydrogens is 186 g/mol. The minimum Gasteiger partial charge on any atom is -0.351 e. The first-order valence-corrected chi connectivity index (χ1v) is 4.76. The Bertz CT molecular complexity index is 207. The zero-order valence-electron chi connectivity index (χ0n) is 8.86. The second-order valence-electron chi connectivity index (χ2n) is 4.65. The van der Waals surface area contributed by atoms with Crippen molar-refractivity contribution in [3.8, 4) is 0 Å². The Hall–Kier alpha value is -0.680. The molecule has 0 aromatic heterocycles. The molecule has 1 aliphatic rings. The summed E-state index contributed by atoms with van der Waals surface area (Å²) in [5.74, 6) is -0.193. The van der Waals surface area contributed by atoms with Gasteiger partial charge in [-0.15, -0.1) is 0 Å². The fraction of sp³-hybridized carbons (Fsp3) is 1.00. The molecule has 0 radical (unpaired) electrons. The molecule has 1 aliphatic heterocycles. The Labute approximate surface area is 83.5 Å². The molecular formula is C9H17NO4. The van der Waals surface area contributed by atoms with E-state index in [0.29, 0.717) is 13.2 Å². The van der Waals surface area contributed by atoms with Gasteiger partial charge in [-0.25, -0.2) is 0 Å². The van der Waals surface area contributed by atoms with E-state index >= 15 is 0 Å². The van der Waals surface area contributed by atoms with Crippen LogP contribution in [0.5, 0.6) is 0 Å². The van der Waals surface area contributed by atoms with Crippen LogP contribution in [0.15, 0.2) is 0 Å². The number of rotatable bonds is 3. The smallest absolute Gasteiger partial charge is 0.211 e. The molecule has 0 amide bonds. The number of hydrogen-bond acceptors (Lipinski definition) is 4. The van der Waals surface area contributed by atoms with E-state index in [1.165, 1.54) is 0 Å². The molecule has 82 valence electrons. The van der Waals surface area contributed by atoms with Gasteiger partial charge in [-0.1, -0.05) is 20.8 Å². The van der Waals surface area contributed by atoms with E-state index in [1.807, 2.05) is 13.8 Å². The highest BCUT2D eigenvalue weighted by atomic mass is 16.7. The lowest BCUT2D eigenvalue weighted by Gasteiger charge is -2.36. The molecule has 0 aromatic carbocycles. The Morgan fingerprint density at radius 1 is 1.50 bits per heavy atom. The summed E-state index contributed by atoms with van der Waals surface area (Å²) in [6.45, 7) is 6.94. The Morgan fingerprint density at radius 3 is 2.43 bits per heavy atom. The zero-order chi connectivity index (χ0) is 10.8. The molecule has 0 saturated carbocycles. The molecule has 14 heavy (non-hydrogen) atoms. The fourth-order valence-electron chi connectivity index (χ4n) is 1.35. The quantitative estimate of drug-likeness (QED) is 0.512. The van der Waals surface area contributed by atoms with Crippen molar-refractivity contribution in [2.75, 3.05) is 19.8 Å². The van der Waals surface area contributed by atoms with E-state index in [-0.39, 0.29) is 22.8 Å². The molecule has 0 bridgehead atoms. The molecule has 1 atom stereocenters. The van der Waals surface area contributed by atoms with Crippen LogP contribution in [0.4, 0.5) is 0 Å². The molecule has 0 spiro atoms. The van der Waals surface area contributed by atoms with E-state index in [2.05, 4.69) is 0 Å². The third-order valence-electron chi connectivity index (χ3n) is 2.18. The van der Waals surface area contributed by atoms with E-state index in [0.717, 1.165) is 0 Å². The predicted octanol–water partition coefficient (Wildman–Crippen LogP) is 1.30. The van der Waals surface area contributed by atoms with Crippen LogP contribution in [0.1, 0.15) is 20.8 Å². The average molecular weight is 203 g/mol. The van der Waals surface area contributed by atoms with Crippen molar-refractivity contribution in [2.45, 2.75) is 27.1 Å². The van der Waals surface area contributed by atoms with E-state index in [9.17, 15) is 10.1 Å². The van der Waals surface area contributed by atoms with Gasteiger partial charge in [-0.2, -0.15) is 0 Å². The van der Waals surface area contributed by atoms with Crippen LogP contribution in [0.25, 0.3) is 0 Å². The van der Waals surface area contributed by atoms with E-state index in [4.69, 9.17) is 9.47 Å². The number of hydrogen-bond donors (Lipinski definition) is 0. The van der Waals surface area contributed by atoms with Gasteiger partial charge in [0.15, 0.2) is 6.29 Å². The van der Waals surface area contributed by atoms with E-state index < -0.39 is 6.29 Å². The highest BCUT2D eigenvalue weighted by Crippen LogP contribution is 2.25. The molecule has 5 heteroatoms. The largest absolute Gasteiger partial charge is 0.351 e. The topological polar surface area (TPSA) is 61.6 Å². The maximum absolute atomic E-state index is 10.3. The zero-order valence-corrected chi connectivity index (χ0v) is 8.86. The van der Waals surface area contributed by atoms with Crippen LogP contribution < -0.4 is 0 Å². The summed E-state index contributed by atoms with van der Waals surface area (Å²) in [5.41, 5.74) is 0.0187. The van der Waals surface area contributed by atoms with Crippen LogP contribution in [-0.4, -0.2) is 31.0 Å². The summed E-state index contributed by atoms with van der Waals surface area (Å²) in [7, 11) is 0. The van der Waals surface area contributed by atoms with Gasteiger partial charge in [-0.3, -0.25) is 10.1 Å². The highest BCUT2D eigenvalue weighted by Gasteiger charge is 2.32. The normalized spacial score (nSPS) is 24.5. The summed E-state index contributed by atoms with van der Waals surface area (Å²) in [6.07, 6.45) is -0.423. The predicted molar refractivity (Wildman–Crippen MR) is 50.5 cm³/mol. The number of nitrogens with zero attached hydrogens (tertiary/aromatic N) is 1. The van der Waals surface area contributed by atoms with Crippen LogP contribution in [0, 0.1) is 21.4 Å². The van der Waals surface area contributed by atoms with Crippen LogP contribution >= 0.6 is 0 Å². The summed E-state index contributed by atoms with van der Waals surface area (Å²) in [4.78, 5) is 9.94. The number of ether oxygens (including phenoxy) is 2. The third kappa shape index (κ3) is 3.23. The maximum atomic E-state index is 10.3. The molecule has 5 nitrogen and oxygen atoms in total. The van der Waals surface area contributed by atoms with Gasteiger partial charge in [-0.05, 0) is 0 Å². The van der Waals surface area contributed by atoms with Gasteiger partial charge in [0.05, 0.1) is 19.1 Å². The van der Waals surface area contributed by atoms with Gasteiger partial charge >= 0.3 is 0 Å². The fourth-order valence-corrected chi connectivity index (χ4v) is 1.35. The first kappa shape index (κ1) is 11.4. The minimum atomic E-state index is -0.423. The van der Waals surface area contributed by atoms with E-state index in [1.54, 1.807) is 6.92 Å². The van der Waals surface area contributed by atoms with Gasteiger partial charge in [0.2, 0.25) is 6.54 Å².